The lowest BCUT2D eigenvalue weighted by molar-refractivity contribution is 0.0825. The van der Waals surface area contributed by atoms with Crippen molar-refractivity contribution in [3.8, 4) is 5.75 Å². The number of carbonyl (C=O) groups is 1. The SMILES string of the molecule is Cc1nc2c(O)c(CCC(O)c3cccs3)c(C(=O)N(C)C)cc2n1C. The molecule has 1 amide bonds. The van der Waals surface area contributed by atoms with Crippen LogP contribution in [0.25, 0.3) is 11.0 Å². The van der Waals surface area contributed by atoms with Crippen molar-refractivity contribution in [1.29, 1.82) is 0 Å². The molecule has 0 aliphatic carbocycles. The van der Waals surface area contributed by atoms with Crippen molar-refractivity contribution in [2.24, 2.45) is 7.05 Å². The highest BCUT2D eigenvalue weighted by atomic mass is 32.1. The monoisotopic (exact) mass is 373 g/mol. The molecule has 0 fully saturated rings. The molecule has 0 saturated carbocycles. The summed E-state index contributed by atoms with van der Waals surface area (Å²) >= 11 is 1.49. The van der Waals surface area contributed by atoms with E-state index in [1.807, 2.05) is 36.1 Å². The van der Waals surface area contributed by atoms with Crippen molar-refractivity contribution in [1.82, 2.24) is 14.5 Å². The predicted octanol–water partition coefficient (Wildman–Crippen LogP) is 3.02. The first-order valence-corrected chi connectivity index (χ1v) is 9.30. The minimum Gasteiger partial charge on any atom is -0.505 e. The van der Waals surface area contributed by atoms with Crippen LogP contribution in [0.5, 0.6) is 5.75 Å². The van der Waals surface area contributed by atoms with Gasteiger partial charge in [0, 0.05) is 37.1 Å². The lowest BCUT2D eigenvalue weighted by Gasteiger charge is -2.17. The van der Waals surface area contributed by atoms with E-state index in [0.29, 0.717) is 35.0 Å². The van der Waals surface area contributed by atoms with Gasteiger partial charge >= 0.3 is 0 Å². The van der Waals surface area contributed by atoms with E-state index in [1.54, 1.807) is 20.2 Å². The maximum atomic E-state index is 12.7. The van der Waals surface area contributed by atoms with Crippen LogP contribution < -0.4 is 0 Å². The summed E-state index contributed by atoms with van der Waals surface area (Å²) in [6.45, 7) is 1.85. The second kappa shape index (κ2) is 7.09. The topological polar surface area (TPSA) is 78.6 Å². The molecule has 2 heterocycles. The standard InChI is InChI=1S/C19H23N3O3S/c1-11-20-17-14(22(11)4)10-13(19(25)21(2)3)12(18(17)24)7-8-15(23)16-6-5-9-26-16/h5-6,9-10,15,23-24H,7-8H2,1-4H3. The second-order valence-corrected chi connectivity index (χ2v) is 7.59. The molecule has 1 atom stereocenters. The summed E-state index contributed by atoms with van der Waals surface area (Å²) < 4.78 is 1.85. The van der Waals surface area contributed by atoms with Crippen LogP contribution in [0.1, 0.15) is 39.1 Å². The number of carbonyl (C=O) groups excluding carboxylic acids is 1. The fourth-order valence-electron chi connectivity index (χ4n) is 3.05. The summed E-state index contributed by atoms with van der Waals surface area (Å²) in [4.78, 5) is 19.5. The third-order valence-electron chi connectivity index (χ3n) is 4.66. The first-order valence-electron chi connectivity index (χ1n) is 8.42. The number of phenolic OH excluding ortho intramolecular Hbond substituents is 1. The number of aromatic nitrogens is 2. The van der Waals surface area contributed by atoms with Gasteiger partial charge in [-0.3, -0.25) is 4.79 Å². The molecule has 138 valence electrons. The Morgan fingerprint density at radius 2 is 2.15 bits per heavy atom. The van der Waals surface area contributed by atoms with E-state index >= 15 is 0 Å². The molecule has 1 unspecified atom stereocenters. The fourth-order valence-corrected chi connectivity index (χ4v) is 3.80. The summed E-state index contributed by atoms with van der Waals surface area (Å²) in [5, 5.41) is 23.1. The van der Waals surface area contributed by atoms with Gasteiger partial charge in [0.05, 0.1) is 11.6 Å². The fraction of sp³-hybridized carbons (Fsp3) is 0.368. The molecule has 0 saturated heterocycles. The first kappa shape index (κ1) is 18.4. The van der Waals surface area contributed by atoms with E-state index in [2.05, 4.69) is 4.98 Å². The Morgan fingerprint density at radius 1 is 1.42 bits per heavy atom. The number of imidazole rings is 1. The number of amides is 1. The Kier molecular flexibility index (Phi) is 5.02. The highest BCUT2D eigenvalue weighted by molar-refractivity contribution is 7.10. The number of benzene rings is 1. The summed E-state index contributed by atoms with van der Waals surface area (Å²) in [5.74, 6) is 0.603. The summed E-state index contributed by atoms with van der Waals surface area (Å²) in [5.41, 5.74) is 2.18. The van der Waals surface area contributed by atoms with Gasteiger partial charge in [0.25, 0.3) is 5.91 Å². The van der Waals surface area contributed by atoms with Crippen molar-refractivity contribution >= 4 is 28.3 Å². The third kappa shape index (κ3) is 3.20. The lowest BCUT2D eigenvalue weighted by atomic mass is 9.97. The van der Waals surface area contributed by atoms with E-state index in [1.165, 1.54) is 16.2 Å². The number of aliphatic hydroxyl groups excluding tert-OH is 1. The van der Waals surface area contributed by atoms with Crippen molar-refractivity contribution in [2.45, 2.75) is 25.9 Å². The Balaban J connectivity index is 2.05. The number of aryl methyl sites for hydroxylation is 2. The molecular formula is C19H23N3O3S. The highest BCUT2D eigenvalue weighted by Crippen LogP contribution is 2.34. The number of nitrogens with zero attached hydrogens (tertiary/aromatic N) is 3. The molecule has 0 radical (unpaired) electrons. The molecule has 7 heteroatoms. The van der Waals surface area contributed by atoms with Crippen molar-refractivity contribution in [3.05, 3.63) is 45.4 Å². The summed E-state index contributed by atoms with van der Waals surface area (Å²) in [7, 11) is 5.22. The van der Waals surface area contributed by atoms with Gasteiger partial charge in [-0.15, -0.1) is 11.3 Å². The average molecular weight is 373 g/mol. The number of phenols is 1. The van der Waals surface area contributed by atoms with Gasteiger partial charge in [0.15, 0.2) is 0 Å². The molecular weight excluding hydrogens is 350 g/mol. The van der Waals surface area contributed by atoms with Crippen molar-refractivity contribution in [2.75, 3.05) is 14.1 Å². The predicted molar refractivity (Wildman–Crippen MR) is 103 cm³/mol. The number of rotatable bonds is 5. The molecule has 1 aromatic carbocycles. The molecule has 3 aromatic rings. The molecule has 0 aliphatic heterocycles. The van der Waals surface area contributed by atoms with Crippen LogP contribution in [-0.4, -0.2) is 44.7 Å². The van der Waals surface area contributed by atoms with E-state index in [9.17, 15) is 15.0 Å². The van der Waals surface area contributed by atoms with E-state index in [0.717, 1.165) is 10.7 Å². The highest BCUT2D eigenvalue weighted by Gasteiger charge is 2.23. The molecule has 2 aromatic heterocycles. The van der Waals surface area contributed by atoms with Gasteiger partial charge in [-0.05, 0) is 37.3 Å². The van der Waals surface area contributed by atoms with Crippen molar-refractivity contribution in [3.63, 3.8) is 0 Å². The Morgan fingerprint density at radius 3 is 2.77 bits per heavy atom. The number of hydrogen-bond donors (Lipinski definition) is 2. The van der Waals surface area contributed by atoms with Crippen molar-refractivity contribution < 1.29 is 15.0 Å². The molecule has 6 nitrogen and oxygen atoms in total. The molecule has 26 heavy (non-hydrogen) atoms. The molecule has 0 spiro atoms. The number of hydrogen-bond acceptors (Lipinski definition) is 5. The maximum Gasteiger partial charge on any atom is 0.253 e. The quantitative estimate of drug-likeness (QED) is 0.721. The second-order valence-electron chi connectivity index (χ2n) is 6.61. The van der Waals surface area contributed by atoms with Crippen LogP contribution in [0, 0.1) is 6.92 Å². The molecule has 0 bridgehead atoms. The van der Waals surface area contributed by atoms with Crippen LogP contribution in [-0.2, 0) is 13.5 Å². The Hall–Kier alpha value is -2.38. The van der Waals surface area contributed by atoms with Crippen LogP contribution in [0.4, 0.5) is 0 Å². The average Bonchev–Trinajstić information content (AvgIpc) is 3.23. The van der Waals surface area contributed by atoms with Gasteiger partial charge in [0.1, 0.15) is 17.1 Å². The van der Waals surface area contributed by atoms with Gasteiger partial charge < -0.3 is 19.7 Å². The van der Waals surface area contributed by atoms with Gasteiger partial charge in [-0.2, -0.15) is 0 Å². The number of thiophene rings is 1. The Labute approximate surface area is 156 Å². The van der Waals surface area contributed by atoms with Crippen LogP contribution in [0.15, 0.2) is 23.6 Å². The van der Waals surface area contributed by atoms with Gasteiger partial charge in [-0.1, -0.05) is 6.07 Å². The summed E-state index contributed by atoms with van der Waals surface area (Å²) in [6.07, 6.45) is 0.169. The van der Waals surface area contributed by atoms with E-state index < -0.39 is 6.10 Å². The molecule has 3 rings (SSSR count). The lowest BCUT2D eigenvalue weighted by Crippen LogP contribution is -2.23. The van der Waals surface area contributed by atoms with Crippen LogP contribution in [0.2, 0.25) is 0 Å². The number of fused-ring (bicyclic) bond motifs is 1. The maximum absolute atomic E-state index is 12.7. The number of aromatic hydroxyl groups is 1. The largest absolute Gasteiger partial charge is 0.505 e. The summed E-state index contributed by atoms with van der Waals surface area (Å²) in [6, 6.07) is 5.56. The zero-order valence-corrected chi connectivity index (χ0v) is 16.2. The number of aliphatic hydroxyl groups is 1. The third-order valence-corrected chi connectivity index (χ3v) is 5.63. The Bertz CT molecular complexity index is 945. The molecule has 2 N–H and O–H groups in total. The zero-order chi connectivity index (χ0) is 19.0. The van der Waals surface area contributed by atoms with E-state index in [4.69, 9.17) is 0 Å². The van der Waals surface area contributed by atoms with Gasteiger partial charge in [-0.25, -0.2) is 4.98 Å². The minimum atomic E-state index is -0.627. The first-order chi connectivity index (χ1) is 12.3. The smallest absolute Gasteiger partial charge is 0.253 e. The minimum absolute atomic E-state index is 0.0229. The molecule has 0 aliphatic rings. The van der Waals surface area contributed by atoms with Crippen LogP contribution in [0.3, 0.4) is 0 Å². The zero-order valence-electron chi connectivity index (χ0n) is 15.4. The normalized spacial score (nSPS) is 12.5. The van der Waals surface area contributed by atoms with Crippen LogP contribution >= 0.6 is 11.3 Å². The van der Waals surface area contributed by atoms with Gasteiger partial charge in [0.2, 0.25) is 0 Å². The van der Waals surface area contributed by atoms with E-state index in [-0.39, 0.29) is 11.7 Å².